The molecule has 0 radical (unpaired) electrons. The number of nitrogens with zero attached hydrogens (tertiary/aromatic N) is 1. The number of aromatic amines is 1. The summed E-state index contributed by atoms with van der Waals surface area (Å²) >= 11 is 0. The van der Waals surface area contributed by atoms with Gasteiger partial charge in [-0.05, 0) is 23.8 Å². The van der Waals surface area contributed by atoms with Crippen molar-refractivity contribution >= 4 is 11.7 Å². The minimum Gasteiger partial charge on any atom is -0.493 e. The Labute approximate surface area is 155 Å². The number of carbonyl (C=O) groups is 1. The summed E-state index contributed by atoms with van der Waals surface area (Å²) in [6.07, 6.45) is 2.04. The van der Waals surface area contributed by atoms with Gasteiger partial charge in [-0.25, -0.2) is 4.39 Å². The van der Waals surface area contributed by atoms with Gasteiger partial charge in [0, 0.05) is 23.5 Å². The number of rotatable bonds is 5. The third-order valence-electron chi connectivity index (χ3n) is 4.63. The molecule has 2 heterocycles. The number of H-pyrrole nitrogens is 1. The number of hydrogen-bond donors (Lipinski definition) is 2. The van der Waals surface area contributed by atoms with Crippen molar-refractivity contribution in [2.75, 3.05) is 12.4 Å². The Hall–Kier alpha value is -3.35. The van der Waals surface area contributed by atoms with Gasteiger partial charge in [-0.15, -0.1) is 0 Å². The summed E-state index contributed by atoms with van der Waals surface area (Å²) in [7, 11) is 1.55. The molecule has 138 valence electrons. The smallest absolute Gasteiger partial charge is 0.226 e. The molecule has 3 aromatic rings. The minimum absolute atomic E-state index is 0.0735. The second kappa shape index (κ2) is 7.11. The summed E-state index contributed by atoms with van der Waals surface area (Å²) in [6, 6.07) is 12.0. The number of halogens is 1. The summed E-state index contributed by atoms with van der Waals surface area (Å²) in [4.78, 5) is 12.0. The highest BCUT2D eigenvalue weighted by Gasteiger charge is 2.28. The monoisotopic (exact) mass is 367 g/mol. The van der Waals surface area contributed by atoms with E-state index in [4.69, 9.17) is 9.47 Å². The number of carbonyl (C=O) groups excluding carboxylic acids is 1. The maximum Gasteiger partial charge on any atom is 0.226 e. The van der Waals surface area contributed by atoms with Crippen LogP contribution in [0.2, 0.25) is 0 Å². The molecule has 0 bridgehead atoms. The Morgan fingerprint density at radius 3 is 2.89 bits per heavy atom. The number of nitrogens with one attached hydrogen (secondary N) is 2. The lowest BCUT2D eigenvalue weighted by atomic mass is 9.87. The van der Waals surface area contributed by atoms with E-state index in [-0.39, 0.29) is 24.2 Å². The third-order valence-corrected chi connectivity index (χ3v) is 4.63. The van der Waals surface area contributed by atoms with Crippen LogP contribution >= 0.6 is 0 Å². The Morgan fingerprint density at radius 2 is 2.07 bits per heavy atom. The van der Waals surface area contributed by atoms with Crippen molar-refractivity contribution < 1.29 is 18.7 Å². The molecule has 7 heteroatoms. The largest absolute Gasteiger partial charge is 0.493 e. The number of amides is 1. The summed E-state index contributed by atoms with van der Waals surface area (Å²) < 4.78 is 25.0. The molecule has 4 rings (SSSR count). The fourth-order valence-electron chi connectivity index (χ4n) is 3.23. The topological polar surface area (TPSA) is 76.2 Å². The van der Waals surface area contributed by atoms with Crippen LogP contribution in [0.25, 0.3) is 0 Å². The molecule has 1 atom stereocenters. The van der Waals surface area contributed by atoms with Crippen LogP contribution in [0.3, 0.4) is 0 Å². The van der Waals surface area contributed by atoms with Gasteiger partial charge in [0.1, 0.15) is 18.2 Å². The Bertz CT molecular complexity index is 986. The van der Waals surface area contributed by atoms with Gasteiger partial charge in [0.25, 0.3) is 0 Å². The van der Waals surface area contributed by atoms with E-state index in [9.17, 15) is 9.18 Å². The quantitative estimate of drug-likeness (QED) is 0.722. The van der Waals surface area contributed by atoms with Gasteiger partial charge in [0.05, 0.1) is 13.3 Å². The van der Waals surface area contributed by atoms with Crippen LogP contribution in [0, 0.1) is 5.82 Å². The molecule has 6 nitrogen and oxygen atoms in total. The molecule has 2 aromatic carbocycles. The molecule has 0 spiro atoms. The zero-order valence-corrected chi connectivity index (χ0v) is 14.7. The first-order valence-corrected chi connectivity index (χ1v) is 8.53. The highest BCUT2D eigenvalue weighted by molar-refractivity contribution is 5.94. The van der Waals surface area contributed by atoms with Crippen molar-refractivity contribution in [2.24, 2.45) is 0 Å². The van der Waals surface area contributed by atoms with E-state index < -0.39 is 0 Å². The second-order valence-electron chi connectivity index (χ2n) is 6.30. The number of methoxy groups -OCH3 is 1. The molecule has 0 fully saturated rings. The van der Waals surface area contributed by atoms with Gasteiger partial charge >= 0.3 is 0 Å². The van der Waals surface area contributed by atoms with Crippen LogP contribution in [0.15, 0.2) is 48.7 Å². The molecule has 0 unspecified atom stereocenters. The highest BCUT2D eigenvalue weighted by Crippen LogP contribution is 2.39. The molecule has 1 aromatic heterocycles. The van der Waals surface area contributed by atoms with E-state index in [1.807, 2.05) is 12.1 Å². The molecular formula is C20H18FN3O3. The SMILES string of the molecule is COc1cc([C@H]2CC(=O)Nc3[nH]ncc32)ccc1OCc1ccccc1F. The number of aromatic nitrogens is 2. The third kappa shape index (κ3) is 3.36. The van der Waals surface area contributed by atoms with Gasteiger partial charge in [0.2, 0.25) is 5.91 Å². The van der Waals surface area contributed by atoms with E-state index >= 15 is 0 Å². The van der Waals surface area contributed by atoms with Crippen molar-refractivity contribution in [1.82, 2.24) is 10.2 Å². The number of hydrogen-bond acceptors (Lipinski definition) is 4. The standard InChI is InChI=1S/C20H18FN3O3/c1-26-18-8-12(14-9-19(25)23-20-15(14)10-22-24-20)6-7-17(18)27-11-13-4-2-3-5-16(13)21/h2-8,10,14H,9,11H2,1H3,(H2,22,23,24,25)/t14-/m1/s1. The number of anilines is 1. The van der Waals surface area contributed by atoms with Gasteiger partial charge in [0.15, 0.2) is 11.5 Å². The summed E-state index contributed by atoms with van der Waals surface area (Å²) in [5.74, 6) is 1.15. The van der Waals surface area contributed by atoms with Gasteiger partial charge in [-0.1, -0.05) is 24.3 Å². The van der Waals surface area contributed by atoms with Crippen LogP contribution in [-0.4, -0.2) is 23.2 Å². The van der Waals surface area contributed by atoms with Gasteiger partial charge in [-0.2, -0.15) is 5.10 Å². The van der Waals surface area contributed by atoms with Crippen molar-refractivity contribution in [2.45, 2.75) is 18.9 Å². The summed E-state index contributed by atoms with van der Waals surface area (Å²) in [5.41, 5.74) is 2.31. The Morgan fingerprint density at radius 1 is 1.22 bits per heavy atom. The Kier molecular flexibility index (Phi) is 4.50. The van der Waals surface area contributed by atoms with Gasteiger partial charge in [-0.3, -0.25) is 9.89 Å². The first-order valence-electron chi connectivity index (χ1n) is 8.53. The van der Waals surface area contributed by atoms with E-state index in [2.05, 4.69) is 15.5 Å². The Balaban J connectivity index is 1.59. The summed E-state index contributed by atoms with van der Waals surface area (Å²) in [5, 5.41) is 9.59. The first-order chi connectivity index (χ1) is 13.2. The van der Waals surface area contributed by atoms with E-state index in [1.165, 1.54) is 6.07 Å². The lowest BCUT2D eigenvalue weighted by Crippen LogP contribution is -2.23. The second-order valence-corrected chi connectivity index (χ2v) is 6.30. The fraction of sp³-hybridized carbons (Fsp3) is 0.200. The molecule has 0 saturated heterocycles. The maximum absolute atomic E-state index is 13.8. The average Bonchev–Trinajstić information content (AvgIpc) is 3.15. The molecule has 2 N–H and O–H groups in total. The lowest BCUT2D eigenvalue weighted by molar-refractivity contribution is -0.116. The van der Waals surface area contributed by atoms with Crippen LogP contribution in [0.1, 0.15) is 29.0 Å². The van der Waals surface area contributed by atoms with Gasteiger partial charge < -0.3 is 14.8 Å². The first kappa shape index (κ1) is 17.1. The lowest BCUT2D eigenvalue weighted by Gasteiger charge is -2.23. The number of benzene rings is 2. The average molecular weight is 367 g/mol. The molecule has 0 saturated carbocycles. The van der Waals surface area contributed by atoms with Crippen LogP contribution in [0.4, 0.5) is 10.2 Å². The molecule has 1 aliphatic heterocycles. The van der Waals surface area contributed by atoms with Crippen molar-refractivity contribution in [3.63, 3.8) is 0 Å². The molecular weight excluding hydrogens is 349 g/mol. The zero-order chi connectivity index (χ0) is 18.8. The molecule has 27 heavy (non-hydrogen) atoms. The molecule has 1 amide bonds. The van der Waals surface area contributed by atoms with Crippen molar-refractivity contribution in [3.05, 3.63) is 71.2 Å². The highest BCUT2D eigenvalue weighted by atomic mass is 19.1. The number of fused-ring (bicyclic) bond motifs is 1. The van der Waals surface area contributed by atoms with Crippen LogP contribution in [0.5, 0.6) is 11.5 Å². The number of ether oxygens (including phenoxy) is 2. The van der Waals surface area contributed by atoms with Crippen molar-refractivity contribution in [3.8, 4) is 11.5 Å². The fourth-order valence-corrected chi connectivity index (χ4v) is 3.23. The van der Waals surface area contributed by atoms with E-state index in [0.717, 1.165) is 11.1 Å². The molecule has 1 aliphatic rings. The minimum atomic E-state index is -0.311. The predicted octanol–water partition coefficient (Wildman–Crippen LogP) is 3.61. The zero-order valence-electron chi connectivity index (χ0n) is 14.7. The summed E-state index contributed by atoms with van der Waals surface area (Å²) in [6.45, 7) is 0.0973. The van der Waals surface area contributed by atoms with Crippen LogP contribution < -0.4 is 14.8 Å². The van der Waals surface area contributed by atoms with E-state index in [0.29, 0.717) is 29.3 Å². The van der Waals surface area contributed by atoms with Crippen molar-refractivity contribution in [1.29, 1.82) is 0 Å². The predicted molar refractivity (Wildman–Crippen MR) is 97.4 cm³/mol. The van der Waals surface area contributed by atoms with Crippen LogP contribution in [-0.2, 0) is 11.4 Å². The normalized spacial score (nSPS) is 15.8. The van der Waals surface area contributed by atoms with E-state index in [1.54, 1.807) is 37.6 Å². The molecule has 0 aliphatic carbocycles. The maximum atomic E-state index is 13.8.